The molecule has 0 radical (unpaired) electrons. The zero-order chi connectivity index (χ0) is 21.6. The Bertz CT molecular complexity index is 938. The van der Waals surface area contributed by atoms with E-state index >= 15 is 0 Å². The molecule has 1 aliphatic heterocycles. The Labute approximate surface area is 200 Å². The molecule has 2 heterocycles. The van der Waals surface area contributed by atoms with Crippen LogP contribution >= 0.6 is 24.0 Å². The number of guanidine groups is 1. The standard InChI is InChI=1S/C20H29N5O4S.HI/c1-16-12-17(2)14-19(13-16)28-11-5-22-20(21-3)24-6-8-25(9-7-24)30(26,27)15-18-4-10-29-23-18;/h4,10,12-14H,5-9,11,15H2,1-3H3,(H,21,22);1H. The summed E-state index contributed by atoms with van der Waals surface area (Å²) in [5.74, 6) is 1.45. The van der Waals surface area contributed by atoms with E-state index in [0.29, 0.717) is 45.0 Å². The van der Waals surface area contributed by atoms with Crippen molar-refractivity contribution in [2.24, 2.45) is 4.99 Å². The zero-order valence-electron chi connectivity index (χ0n) is 18.1. The first-order valence-electron chi connectivity index (χ1n) is 9.91. The number of aryl methyl sites for hydroxylation is 2. The number of nitrogens with one attached hydrogen (secondary N) is 1. The summed E-state index contributed by atoms with van der Waals surface area (Å²) < 4.78 is 37.2. The Morgan fingerprint density at radius 1 is 1.19 bits per heavy atom. The van der Waals surface area contributed by atoms with Crippen molar-refractivity contribution in [2.75, 3.05) is 46.4 Å². The van der Waals surface area contributed by atoms with Crippen LogP contribution in [-0.4, -0.2) is 75.1 Å². The number of halogens is 1. The largest absolute Gasteiger partial charge is 0.492 e. The molecule has 0 amide bonds. The minimum atomic E-state index is -3.42. The summed E-state index contributed by atoms with van der Waals surface area (Å²) in [5, 5.41) is 6.98. The number of hydrogen-bond donors (Lipinski definition) is 1. The normalized spacial score (nSPS) is 15.5. The van der Waals surface area contributed by atoms with Crippen LogP contribution < -0.4 is 10.1 Å². The molecule has 0 unspecified atom stereocenters. The maximum Gasteiger partial charge on any atom is 0.220 e. The van der Waals surface area contributed by atoms with E-state index < -0.39 is 10.0 Å². The molecule has 172 valence electrons. The Kier molecular flexibility index (Phi) is 9.56. The maximum atomic E-state index is 12.6. The summed E-state index contributed by atoms with van der Waals surface area (Å²) >= 11 is 0. The van der Waals surface area contributed by atoms with Crippen molar-refractivity contribution in [3.63, 3.8) is 0 Å². The Balaban J connectivity index is 0.00000341. The number of hydrogen-bond acceptors (Lipinski definition) is 6. The highest BCUT2D eigenvalue weighted by molar-refractivity contribution is 14.0. The van der Waals surface area contributed by atoms with Crippen LogP contribution in [-0.2, 0) is 15.8 Å². The Morgan fingerprint density at radius 2 is 1.87 bits per heavy atom. The molecule has 1 aromatic heterocycles. The predicted octanol–water partition coefficient (Wildman–Crippen LogP) is 2.01. The van der Waals surface area contributed by atoms with Crippen LogP contribution in [0.3, 0.4) is 0 Å². The lowest BCUT2D eigenvalue weighted by molar-refractivity contribution is 0.257. The average molecular weight is 563 g/mol. The third-order valence-electron chi connectivity index (χ3n) is 4.81. The van der Waals surface area contributed by atoms with Gasteiger partial charge < -0.3 is 19.5 Å². The molecule has 0 saturated carbocycles. The molecule has 1 aromatic carbocycles. The molecule has 1 saturated heterocycles. The van der Waals surface area contributed by atoms with Crippen LogP contribution in [0.15, 0.2) is 40.0 Å². The smallest absolute Gasteiger partial charge is 0.220 e. The van der Waals surface area contributed by atoms with Gasteiger partial charge in [-0.15, -0.1) is 24.0 Å². The van der Waals surface area contributed by atoms with Crippen molar-refractivity contribution in [1.29, 1.82) is 0 Å². The van der Waals surface area contributed by atoms with Crippen LogP contribution in [0.25, 0.3) is 0 Å². The highest BCUT2D eigenvalue weighted by Gasteiger charge is 2.28. The molecule has 1 aliphatic rings. The fourth-order valence-corrected chi connectivity index (χ4v) is 4.87. The van der Waals surface area contributed by atoms with E-state index in [1.807, 2.05) is 26.0 Å². The Morgan fingerprint density at radius 3 is 2.45 bits per heavy atom. The van der Waals surface area contributed by atoms with Gasteiger partial charge in [-0.3, -0.25) is 4.99 Å². The summed E-state index contributed by atoms with van der Waals surface area (Å²) in [7, 11) is -1.69. The minimum Gasteiger partial charge on any atom is -0.492 e. The first-order valence-corrected chi connectivity index (χ1v) is 11.5. The van der Waals surface area contributed by atoms with Gasteiger partial charge in [-0.2, -0.15) is 4.31 Å². The van der Waals surface area contributed by atoms with Crippen molar-refractivity contribution in [3.05, 3.63) is 47.3 Å². The van der Waals surface area contributed by atoms with E-state index in [-0.39, 0.29) is 29.7 Å². The zero-order valence-corrected chi connectivity index (χ0v) is 21.2. The van der Waals surface area contributed by atoms with E-state index in [4.69, 9.17) is 9.26 Å². The van der Waals surface area contributed by atoms with Crippen molar-refractivity contribution >= 4 is 40.0 Å². The molecule has 0 bridgehead atoms. The predicted molar refractivity (Wildman–Crippen MR) is 130 cm³/mol. The molecule has 3 rings (SSSR count). The van der Waals surface area contributed by atoms with E-state index in [2.05, 4.69) is 26.4 Å². The fraction of sp³-hybridized carbons (Fsp3) is 0.500. The first-order chi connectivity index (χ1) is 14.4. The summed E-state index contributed by atoms with van der Waals surface area (Å²) in [6.45, 7) is 7.14. The molecular formula is C20H30IN5O4S. The van der Waals surface area contributed by atoms with Crippen LogP contribution in [0.5, 0.6) is 5.75 Å². The third-order valence-corrected chi connectivity index (χ3v) is 6.63. The van der Waals surface area contributed by atoms with Gasteiger partial charge in [0.2, 0.25) is 10.0 Å². The monoisotopic (exact) mass is 563 g/mol. The summed E-state index contributed by atoms with van der Waals surface area (Å²) in [4.78, 5) is 6.37. The minimum absolute atomic E-state index is 0. The van der Waals surface area contributed by atoms with Crippen molar-refractivity contribution < 1.29 is 17.7 Å². The molecule has 2 aromatic rings. The molecule has 0 aliphatic carbocycles. The molecule has 0 atom stereocenters. The van der Waals surface area contributed by atoms with Gasteiger partial charge in [0.15, 0.2) is 5.96 Å². The highest BCUT2D eigenvalue weighted by atomic mass is 127. The van der Waals surface area contributed by atoms with Gasteiger partial charge in [-0.05, 0) is 37.1 Å². The van der Waals surface area contributed by atoms with E-state index in [9.17, 15) is 8.42 Å². The molecule has 31 heavy (non-hydrogen) atoms. The van der Waals surface area contributed by atoms with Gasteiger partial charge in [-0.25, -0.2) is 8.42 Å². The van der Waals surface area contributed by atoms with Crippen LogP contribution in [0.1, 0.15) is 16.8 Å². The van der Waals surface area contributed by atoms with Crippen LogP contribution in [0.4, 0.5) is 0 Å². The van der Waals surface area contributed by atoms with Gasteiger partial charge in [0, 0.05) is 39.3 Å². The number of aromatic nitrogens is 1. The van der Waals surface area contributed by atoms with Crippen molar-refractivity contribution in [3.8, 4) is 5.75 Å². The second-order valence-corrected chi connectivity index (χ2v) is 9.25. The van der Waals surface area contributed by atoms with Crippen molar-refractivity contribution in [1.82, 2.24) is 19.7 Å². The fourth-order valence-electron chi connectivity index (χ4n) is 3.45. The lowest BCUT2D eigenvalue weighted by Crippen LogP contribution is -2.54. The Hall–Kier alpha value is -1.86. The number of rotatable bonds is 7. The molecule has 11 heteroatoms. The lowest BCUT2D eigenvalue weighted by Gasteiger charge is -2.35. The van der Waals surface area contributed by atoms with Gasteiger partial charge in [0.25, 0.3) is 0 Å². The van der Waals surface area contributed by atoms with Gasteiger partial charge in [-0.1, -0.05) is 11.2 Å². The maximum absolute atomic E-state index is 12.6. The van der Waals surface area contributed by atoms with E-state index in [0.717, 1.165) is 11.7 Å². The summed E-state index contributed by atoms with van der Waals surface area (Å²) in [6, 6.07) is 7.71. The van der Waals surface area contributed by atoms with Crippen LogP contribution in [0, 0.1) is 13.8 Å². The molecule has 9 nitrogen and oxygen atoms in total. The number of piperazine rings is 1. The van der Waals surface area contributed by atoms with E-state index in [1.54, 1.807) is 13.1 Å². The second kappa shape index (κ2) is 11.7. The van der Waals surface area contributed by atoms with Crippen LogP contribution in [0.2, 0.25) is 0 Å². The topological polar surface area (TPSA) is 100 Å². The summed E-state index contributed by atoms with van der Waals surface area (Å²) in [5.41, 5.74) is 2.76. The molecule has 0 spiro atoms. The van der Waals surface area contributed by atoms with Gasteiger partial charge in [0.05, 0.1) is 12.2 Å². The number of benzene rings is 1. The first kappa shape index (κ1) is 25.4. The number of aliphatic imine (C=N–C) groups is 1. The van der Waals surface area contributed by atoms with Gasteiger partial charge >= 0.3 is 0 Å². The highest BCUT2D eigenvalue weighted by Crippen LogP contribution is 2.16. The van der Waals surface area contributed by atoms with Crippen molar-refractivity contribution in [2.45, 2.75) is 19.6 Å². The average Bonchev–Trinajstić information content (AvgIpc) is 3.20. The molecule has 1 N–H and O–H groups in total. The van der Waals surface area contributed by atoms with E-state index in [1.165, 1.54) is 21.7 Å². The number of ether oxygens (including phenoxy) is 1. The third kappa shape index (κ3) is 7.35. The number of nitrogens with zero attached hydrogens (tertiary/aromatic N) is 4. The SMILES string of the molecule is CN=C(NCCOc1cc(C)cc(C)c1)N1CCN(S(=O)(=O)Cc2ccon2)CC1.I. The summed E-state index contributed by atoms with van der Waals surface area (Å²) in [6.07, 6.45) is 1.38. The quantitative estimate of drug-likeness (QED) is 0.238. The number of sulfonamides is 1. The molecular weight excluding hydrogens is 533 g/mol. The van der Waals surface area contributed by atoms with Gasteiger partial charge in [0.1, 0.15) is 24.4 Å². The second-order valence-electron chi connectivity index (χ2n) is 7.28. The molecule has 1 fully saturated rings. The lowest BCUT2D eigenvalue weighted by atomic mass is 10.1.